The summed E-state index contributed by atoms with van der Waals surface area (Å²) in [6, 6.07) is 0.927. The summed E-state index contributed by atoms with van der Waals surface area (Å²) in [5.41, 5.74) is 0. The van der Waals surface area contributed by atoms with Crippen LogP contribution in [0.4, 0.5) is 0 Å². The van der Waals surface area contributed by atoms with Crippen molar-refractivity contribution in [3.05, 3.63) is 6.92 Å². The maximum absolute atomic E-state index is 3.81. The zero-order valence-electron chi connectivity index (χ0n) is 6.27. The Bertz CT molecular complexity index is 76.6. The van der Waals surface area contributed by atoms with Crippen LogP contribution in [-0.2, 0) is 0 Å². The van der Waals surface area contributed by atoms with E-state index in [1.165, 1.54) is 25.8 Å². The zero-order chi connectivity index (χ0) is 6.69. The van der Waals surface area contributed by atoms with Gasteiger partial charge in [0.25, 0.3) is 0 Å². The van der Waals surface area contributed by atoms with Crippen LogP contribution in [0.5, 0.6) is 0 Å². The van der Waals surface area contributed by atoms with E-state index < -0.39 is 0 Å². The molecule has 0 aliphatic heterocycles. The second-order valence-electron chi connectivity index (χ2n) is 2.92. The summed E-state index contributed by atoms with van der Waals surface area (Å²) in [4.78, 5) is 2.45. The minimum Gasteiger partial charge on any atom is -0.303 e. The maximum atomic E-state index is 3.81. The summed E-state index contributed by atoms with van der Waals surface area (Å²) >= 11 is 0. The van der Waals surface area contributed by atoms with Crippen LogP contribution in [0.1, 0.15) is 25.7 Å². The van der Waals surface area contributed by atoms with E-state index in [9.17, 15) is 0 Å². The highest BCUT2D eigenvalue weighted by molar-refractivity contribution is 4.81. The van der Waals surface area contributed by atoms with Crippen molar-refractivity contribution in [1.29, 1.82) is 0 Å². The van der Waals surface area contributed by atoms with Crippen LogP contribution in [0, 0.1) is 6.92 Å². The fourth-order valence-electron chi connectivity index (χ4n) is 1.06. The molecule has 0 amide bonds. The van der Waals surface area contributed by atoms with Crippen molar-refractivity contribution < 1.29 is 0 Å². The molecule has 9 heavy (non-hydrogen) atoms. The molecule has 1 aliphatic carbocycles. The molecule has 0 aromatic heterocycles. The smallest absolute Gasteiger partial charge is 0.00933 e. The van der Waals surface area contributed by atoms with Crippen LogP contribution in [0.3, 0.4) is 0 Å². The number of nitrogens with zero attached hydrogens (tertiary/aromatic N) is 1. The van der Waals surface area contributed by atoms with Gasteiger partial charge in [0.15, 0.2) is 0 Å². The van der Waals surface area contributed by atoms with Gasteiger partial charge in [0, 0.05) is 6.04 Å². The lowest BCUT2D eigenvalue weighted by Crippen LogP contribution is -2.21. The molecule has 0 unspecified atom stereocenters. The molecule has 0 atom stereocenters. The molecular weight excluding hydrogens is 110 g/mol. The van der Waals surface area contributed by atoms with Gasteiger partial charge in [-0.25, -0.2) is 0 Å². The van der Waals surface area contributed by atoms with Gasteiger partial charge < -0.3 is 4.90 Å². The van der Waals surface area contributed by atoms with Gasteiger partial charge in [0.2, 0.25) is 0 Å². The van der Waals surface area contributed by atoms with Crippen molar-refractivity contribution in [3.63, 3.8) is 0 Å². The molecule has 1 aliphatic rings. The monoisotopic (exact) mass is 126 g/mol. The summed E-state index contributed by atoms with van der Waals surface area (Å²) in [6.07, 6.45) is 5.19. The predicted octanol–water partition coefficient (Wildman–Crippen LogP) is 1.69. The number of hydrogen-bond donors (Lipinski definition) is 0. The van der Waals surface area contributed by atoms with Crippen molar-refractivity contribution in [1.82, 2.24) is 4.90 Å². The van der Waals surface area contributed by atoms with Gasteiger partial charge in [-0.2, -0.15) is 0 Å². The van der Waals surface area contributed by atoms with Gasteiger partial charge in [-0.15, -0.1) is 0 Å². The largest absolute Gasteiger partial charge is 0.303 e. The number of unbranched alkanes of at least 4 members (excludes halogenated alkanes) is 1. The molecule has 0 aromatic rings. The molecule has 0 saturated heterocycles. The van der Waals surface area contributed by atoms with E-state index in [0.717, 1.165) is 12.5 Å². The van der Waals surface area contributed by atoms with E-state index in [4.69, 9.17) is 0 Å². The minimum atomic E-state index is 0.927. The third kappa shape index (κ3) is 2.35. The lowest BCUT2D eigenvalue weighted by molar-refractivity contribution is 0.320. The Morgan fingerprint density at radius 2 is 2.22 bits per heavy atom. The molecule has 53 valence electrons. The van der Waals surface area contributed by atoms with E-state index >= 15 is 0 Å². The Morgan fingerprint density at radius 3 is 2.67 bits per heavy atom. The van der Waals surface area contributed by atoms with Crippen LogP contribution in [0.2, 0.25) is 0 Å². The average molecular weight is 126 g/mol. The van der Waals surface area contributed by atoms with Gasteiger partial charge in [-0.05, 0) is 32.9 Å². The summed E-state index contributed by atoms with van der Waals surface area (Å²) in [7, 11) is 2.22. The second kappa shape index (κ2) is 3.21. The molecule has 1 radical (unpaired) electrons. The molecule has 1 nitrogen and oxygen atoms in total. The first-order chi connectivity index (χ1) is 4.34. The van der Waals surface area contributed by atoms with Crippen molar-refractivity contribution in [3.8, 4) is 0 Å². The maximum Gasteiger partial charge on any atom is 0.00933 e. The minimum absolute atomic E-state index is 0.927. The number of hydrogen-bond acceptors (Lipinski definition) is 1. The third-order valence-corrected chi connectivity index (χ3v) is 1.93. The highest BCUT2D eigenvalue weighted by Gasteiger charge is 2.24. The van der Waals surface area contributed by atoms with Gasteiger partial charge in [-0.1, -0.05) is 13.3 Å². The van der Waals surface area contributed by atoms with Crippen molar-refractivity contribution >= 4 is 0 Å². The SMILES string of the molecule is [CH2]CCCN(C)C1CC1. The molecule has 0 heterocycles. The van der Waals surface area contributed by atoms with Gasteiger partial charge in [0.05, 0.1) is 0 Å². The van der Waals surface area contributed by atoms with E-state index in [1.54, 1.807) is 0 Å². The van der Waals surface area contributed by atoms with Crippen molar-refractivity contribution in [2.45, 2.75) is 31.7 Å². The zero-order valence-corrected chi connectivity index (χ0v) is 6.27. The van der Waals surface area contributed by atoms with Crippen LogP contribution in [0.15, 0.2) is 0 Å². The summed E-state index contributed by atoms with van der Waals surface area (Å²) in [5.74, 6) is 0. The summed E-state index contributed by atoms with van der Waals surface area (Å²) in [5, 5.41) is 0. The Hall–Kier alpha value is -0.0400. The third-order valence-electron chi connectivity index (χ3n) is 1.93. The highest BCUT2D eigenvalue weighted by atomic mass is 15.1. The van der Waals surface area contributed by atoms with E-state index in [0.29, 0.717) is 0 Å². The first-order valence-corrected chi connectivity index (χ1v) is 3.84. The van der Waals surface area contributed by atoms with Crippen molar-refractivity contribution in [2.75, 3.05) is 13.6 Å². The average Bonchev–Trinajstić information content (AvgIpc) is 2.63. The first-order valence-electron chi connectivity index (χ1n) is 3.84. The van der Waals surface area contributed by atoms with Gasteiger partial charge in [-0.3, -0.25) is 0 Å². The van der Waals surface area contributed by atoms with E-state index in [-0.39, 0.29) is 0 Å². The van der Waals surface area contributed by atoms with Gasteiger partial charge in [0.1, 0.15) is 0 Å². The van der Waals surface area contributed by atoms with E-state index in [2.05, 4.69) is 18.9 Å². The normalized spacial score (nSPS) is 19.0. The van der Waals surface area contributed by atoms with Crippen LogP contribution >= 0.6 is 0 Å². The van der Waals surface area contributed by atoms with Gasteiger partial charge >= 0.3 is 0 Å². The molecule has 0 N–H and O–H groups in total. The fraction of sp³-hybridized carbons (Fsp3) is 0.875. The second-order valence-corrected chi connectivity index (χ2v) is 2.92. The predicted molar refractivity (Wildman–Crippen MR) is 40.2 cm³/mol. The molecule has 1 saturated carbocycles. The topological polar surface area (TPSA) is 3.24 Å². The molecule has 0 aromatic carbocycles. The van der Waals surface area contributed by atoms with Crippen molar-refractivity contribution in [2.24, 2.45) is 0 Å². The molecule has 1 fully saturated rings. The van der Waals surface area contributed by atoms with Crippen LogP contribution < -0.4 is 0 Å². The summed E-state index contributed by atoms with van der Waals surface area (Å²) < 4.78 is 0. The first kappa shape index (κ1) is 7.07. The lowest BCUT2D eigenvalue weighted by Gasteiger charge is -2.13. The molecule has 0 bridgehead atoms. The Morgan fingerprint density at radius 1 is 1.56 bits per heavy atom. The van der Waals surface area contributed by atoms with Crippen LogP contribution in [-0.4, -0.2) is 24.5 Å². The Labute approximate surface area is 58.0 Å². The lowest BCUT2D eigenvalue weighted by atomic mass is 10.3. The highest BCUT2D eigenvalue weighted by Crippen LogP contribution is 2.25. The molecule has 1 rings (SSSR count). The quantitative estimate of drug-likeness (QED) is 0.554. The fourth-order valence-corrected chi connectivity index (χ4v) is 1.06. The molecule has 1 heteroatoms. The number of rotatable bonds is 4. The summed E-state index contributed by atoms with van der Waals surface area (Å²) in [6.45, 7) is 5.05. The molecular formula is C8H16N. The molecule has 0 spiro atoms. The van der Waals surface area contributed by atoms with Crippen LogP contribution in [0.25, 0.3) is 0 Å². The Balaban J connectivity index is 1.96. The van der Waals surface area contributed by atoms with E-state index in [1.807, 2.05) is 0 Å². The standard InChI is InChI=1S/C8H16N/c1-3-4-7-9(2)8-5-6-8/h8H,1,3-7H2,2H3. The Kier molecular flexibility index (Phi) is 2.52.